The maximum atomic E-state index is 13.0. The van der Waals surface area contributed by atoms with E-state index in [-0.39, 0.29) is 24.0 Å². The van der Waals surface area contributed by atoms with Gasteiger partial charge in [-0.2, -0.15) is 5.26 Å². The number of anilines is 1. The zero-order valence-electron chi connectivity index (χ0n) is 13.0. The Morgan fingerprint density at radius 2 is 1.83 bits per heavy atom. The first kappa shape index (κ1) is 13.6. The van der Waals surface area contributed by atoms with Gasteiger partial charge in [-0.15, -0.1) is 0 Å². The number of benzene rings is 2. The van der Waals surface area contributed by atoms with Gasteiger partial charge in [0, 0.05) is 16.8 Å². The van der Waals surface area contributed by atoms with Crippen LogP contribution in [-0.4, -0.2) is 28.9 Å². The fraction of sp³-hybridized carbons (Fsp3) is 0.316. The Labute approximate surface area is 139 Å². The molecule has 0 aromatic heterocycles. The largest absolute Gasteiger partial charge is 0.332 e. The van der Waals surface area contributed by atoms with Gasteiger partial charge in [0.05, 0.1) is 17.3 Å². The lowest BCUT2D eigenvalue weighted by Gasteiger charge is -2.25. The number of imide groups is 1. The van der Waals surface area contributed by atoms with Crippen LogP contribution in [-0.2, 0) is 4.79 Å². The molecule has 5 nitrogen and oxygen atoms in total. The number of carbonyl (C=O) groups is 2. The van der Waals surface area contributed by atoms with E-state index < -0.39 is 0 Å². The summed E-state index contributed by atoms with van der Waals surface area (Å²) >= 11 is 0. The van der Waals surface area contributed by atoms with Gasteiger partial charge in [0.2, 0.25) is 0 Å². The van der Waals surface area contributed by atoms with E-state index in [1.165, 1.54) is 4.90 Å². The number of carbonyl (C=O) groups excluding carboxylic acids is 2. The van der Waals surface area contributed by atoms with Gasteiger partial charge in [-0.1, -0.05) is 24.3 Å². The molecule has 0 spiro atoms. The van der Waals surface area contributed by atoms with Crippen molar-refractivity contribution in [1.29, 1.82) is 5.26 Å². The summed E-state index contributed by atoms with van der Waals surface area (Å²) in [6.07, 6.45) is 3.00. The number of hydrogen-bond acceptors (Lipinski definition) is 3. The van der Waals surface area contributed by atoms with Crippen molar-refractivity contribution in [3.63, 3.8) is 0 Å². The fourth-order valence-corrected chi connectivity index (χ4v) is 4.72. The summed E-state index contributed by atoms with van der Waals surface area (Å²) in [7, 11) is 0. The van der Waals surface area contributed by atoms with Gasteiger partial charge in [0.15, 0.2) is 0 Å². The SMILES string of the molecule is N#Cc1ccc(N2C(=O)C3C4CCC(C4)N3C2=O)c2ccccc12. The Bertz CT molecular complexity index is 917. The van der Waals surface area contributed by atoms with Crippen LogP contribution in [0.15, 0.2) is 36.4 Å². The molecule has 1 saturated carbocycles. The van der Waals surface area contributed by atoms with Crippen LogP contribution in [0, 0.1) is 17.2 Å². The Kier molecular flexibility index (Phi) is 2.58. The van der Waals surface area contributed by atoms with E-state index >= 15 is 0 Å². The Morgan fingerprint density at radius 1 is 1.04 bits per heavy atom. The predicted molar refractivity (Wildman–Crippen MR) is 88.3 cm³/mol. The lowest BCUT2D eigenvalue weighted by Crippen LogP contribution is -2.40. The Balaban J connectivity index is 1.68. The highest BCUT2D eigenvalue weighted by atomic mass is 16.2. The smallest absolute Gasteiger partial charge is 0.309 e. The molecular formula is C19H15N3O2. The van der Waals surface area contributed by atoms with E-state index in [9.17, 15) is 14.9 Å². The van der Waals surface area contributed by atoms with Crippen molar-refractivity contribution < 1.29 is 9.59 Å². The normalized spacial score (nSPS) is 27.9. The first-order chi connectivity index (χ1) is 11.7. The molecule has 3 unspecified atom stereocenters. The van der Waals surface area contributed by atoms with Gasteiger partial charge < -0.3 is 4.90 Å². The van der Waals surface area contributed by atoms with Gasteiger partial charge in [-0.3, -0.25) is 4.79 Å². The minimum atomic E-state index is -0.286. The van der Waals surface area contributed by atoms with Crippen molar-refractivity contribution in [2.45, 2.75) is 31.3 Å². The third-order valence-electron chi connectivity index (χ3n) is 5.73. The second-order valence-corrected chi connectivity index (χ2v) is 6.82. The molecule has 5 rings (SSSR count). The maximum Gasteiger partial charge on any atom is 0.332 e. The first-order valence-electron chi connectivity index (χ1n) is 8.29. The third kappa shape index (κ3) is 1.53. The van der Waals surface area contributed by atoms with Crippen molar-refractivity contribution in [3.05, 3.63) is 42.0 Å². The van der Waals surface area contributed by atoms with Crippen molar-refractivity contribution >= 4 is 28.4 Å². The van der Waals surface area contributed by atoms with Gasteiger partial charge >= 0.3 is 6.03 Å². The van der Waals surface area contributed by atoms with Gasteiger partial charge in [-0.05, 0) is 37.3 Å². The molecule has 0 N–H and O–H groups in total. The molecule has 118 valence electrons. The van der Waals surface area contributed by atoms with Crippen LogP contribution in [0.1, 0.15) is 24.8 Å². The van der Waals surface area contributed by atoms with E-state index in [1.807, 2.05) is 24.3 Å². The molecule has 3 amide bonds. The number of hydrogen-bond donors (Lipinski definition) is 0. The summed E-state index contributed by atoms with van der Waals surface area (Å²) in [5, 5.41) is 10.8. The van der Waals surface area contributed by atoms with E-state index in [0.29, 0.717) is 17.2 Å². The second kappa shape index (κ2) is 4.57. The average Bonchev–Trinajstić information content (AvgIpc) is 3.28. The highest BCUT2D eigenvalue weighted by molar-refractivity contribution is 6.25. The van der Waals surface area contributed by atoms with Crippen molar-refractivity contribution in [2.24, 2.45) is 5.92 Å². The molecule has 3 atom stereocenters. The number of fused-ring (bicyclic) bond motifs is 6. The summed E-state index contributed by atoms with van der Waals surface area (Å²) < 4.78 is 0. The molecule has 2 aliphatic heterocycles. The average molecular weight is 317 g/mol. The summed E-state index contributed by atoms with van der Waals surface area (Å²) in [4.78, 5) is 29.1. The molecule has 2 bridgehead atoms. The third-order valence-corrected chi connectivity index (χ3v) is 5.73. The highest BCUT2D eigenvalue weighted by Crippen LogP contribution is 2.47. The number of amides is 3. The first-order valence-corrected chi connectivity index (χ1v) is 8.29. The number of nitriles is 1. The van der Waals surface area contributed by atoms with E-state index in [1.54, 1.807) is 17.0 Å². The minimum Gasteiger partial charge on any atom is -0.309 e. The van der Waals surface area contributed by atoms with Crippen LogP contribution in [0.5, 0.6) is 0 Å². The topological polar surface area (TPSA) is 64.4 Å². The molecule has 2 aromatic rings. The molecule has 1 aliphatic carbocycles. The molecule has 3 aliphatic rings. The predicted octanol–water partition coefficient (Wildman–Crippen LogP) is 3.03. The van der Waals surface area contributed by atoms with Crippen molar-refractivity contribution in [2.75, 3.05) is 4.90 Å². The maximum absolute atomic E-state index is 13.0. The fourth-order valence-electron chi connectivity index (χ4n) is 4.72. The van der Waals surface area contributed by atoms with Crippen LogP contribution in [0.2, 0.25) is 0 Å². The van der Waals surface area contributed by atoms with E-state index in [2.05, 4.69) is 6.07 Å². The zero-order valence-corrected chi connectivity index (χ0v) is 13.0. The number of urea groups is 1. The van der Waals surface area contributed by atoms with Crippen molar-refractivity contribution in [1.82, 2.24) is 4.90 Å². The van der Waals surface area contributed by atoms with E-state index in [0.717, 1.165) is 30.0 Å². The Hall–Kier alpha value is -2.87. The van der Waals surface area contributed by atoms with Gasteiger partial charge in [0.1, 0.15) is 6.04 Å². The second-order valence-electron chi connectivity index (χ2n) is 6.82. The molecule has 2 heterocycles. The molecule has 2 aromatic carbocycles. The summed E-state index contributed by atoms with van der Waals surface area (Å²) in [5.74, 6) is 0.197. The standard InChI is InChI=1S/C19H15N3O2/c20-10-12-6-8-16(15-4-2-1-3-14(12)15)22-18(23)17-11-5-7-13(9-11)21(17)19(22)24/h1-4,6,8,11,13,17H,5,7,9H2. The molecule has 24 heavy (non-hydrogen) atoms. The zero-order chi connectivity index (χ0) is 16.4. The summed E-state index contributed by atoms with van der Waals surface area (Å²) in [5.41, 5.74) is 1.14. The van der Waals surface area contributed by atoms with Crippen LogP contribution < -0.4 is 4.90 Å². The summed E-state index contributed by atoms with van der Waals surface area (Å²) in [6, 6.07) is 12.8. The van der Waals surface area contributed by atoms with Crippen LogP contribution in [0.4, 0.5) is 10.5 Å². The lowest BCUT2D eigenvalue weighted by atomic mass is 9.98. The molecule has 2 saturated heterocycles. The summed E-state index contributed by atoms with van der Waals surface area (Å²) in [6.45, 7) is 0. The van der Waals surface area contributed by atoms with Crippen molar-refractivity contribution in [3.8, 4) is 6.07 Å². The number of piperidine rings is 1. The van der Waals surface area contributed by atoms with Crippen LogP contribution in [0.25, 0.3) is 10.8 Å². The van der Waals surface area contributed by atoms with Crippen LogP contribution >= 0.6 is 0 Å². The lowest BCUT2D eigenvalue weighted by molar-refractivity contribution is -0.120. The monoisotopic (exact) mass is 317 g/mol. The van der Waals surface area contributed by atoms with E-state index in [4.69, 9.17) is 0 Å². The molecule has 3 fully saturated rings. The van der Waals surface area contributed by atoms with Crippen LogP contribution in [0.3, 0.4) is 0 Å². The Morgan fingerprint density at radius 3 is 2.58 bits per heavy atom. The quantitative estimate of drug-likeness (QED) is 0.759. The van der Waals surface area contributed by atoms with Gasteiger partial charge in [0.25, 0.3) is 5.91 Å². The molecular weight excluding hydrogens is 302 g/mol. The minimum absolute atomic E-state index is 0.109. The molecule has 0 radical (unpaired) electrons. The van der Waals surface area contributed by atoms with Gasteiger partial charge in [-0.25, -0.2) is 9.69 Å². The number of nitrogens with zero attached hydrogens (tertiary/aromatic N) is 3. The number of rotatable bonds is 1. The highest BCUT2D eigenvalue weighted by Gasteiger charge is 2.59. The molecule has 5 heteroatoms.